The van der Waals surface area contributed by atoms with Crippen LogP contribution in [0.15, 0.2) is 48.5 Å². The molecule has 142 valence electrons. The third kappa shape index (κ3) is 6.03. The van der Waals surface area contributed by atoms with Gasteiger partial charge in [-0.3, -0.25) is 19.7 Å². The molecule has 0 unspecified atom stereocenters. The lowest BCUT2D eigenvalue weighted by atomic mass is 10.1. The van der Waals surface area contributed by atoms with Crippen molar-refractivity contribution in [3.05, 3.63) is 64.2 Å². The Balaban J connectivity index is 1.91. The van der Waals surface area contributed by atoms with Gasteiger partial charge in [-0.25, -0.2) is 0 Å². The predicted molar refractivity (Wildman–Crippen MR) is 89.5 cm³/mol. The van der Waals surface area contributed by atoms with Gasteiger partial charge in [0.05, 0.1) is 17.0 Å². The van der Waals surface area contributed by atoms with Gasteiger partial charge in [0.15, 0.2) is 6.61 Å². The Bertz CT molecular complexity index is 844. The normalized spacial score (nSPS) is 10.3. The lowest BCUT2D eigenvalue weighted by Gasteiger charge is -2.11. The van der Waals surface area contributed by atoms with Gasteiger partial charge in [0.2, 0.25) is 0 Å². The van der Waals surface area contributed by atoms with Crippen LogP contribution in [0.2, 0.25) is 0 Å². The van der Waals surface area contributed by atoms with Gasteiger partial charge in [0.25, 0.3) is 11.6 Å². The third-order valence-electron chi connectivity index (χ3n) is 3.26. The van der Waals surface area contributed by atoms with Crippen LogP contribution in [0.3, 0.4) is 0 Å². The summed E-state index contributed by atoms with van der Waals surface area (Å²) in [6.45, 7) is -3.76. The molecule has 10 heteroatoms. The number of esters is 1. The summed E-state index contributed by atoms with van der Waals surface area (Å²) in [7, 11) is 0. The highest BCUT2D eigenvalue weighted by Gasteiger charge is 2.17. The second-order valence-corrected chi connectivity index (χ2v) is 5.15. The molecule has 0 fully saturated rings. The Labute approximate surface area is 151 Å². The highest BCUT2D eigenvalue weighted by atomic mass is 19.3. The molecule has 0 atom stereocenters. The molecule has 0 saturated heterocycles. The van der Waals surface area contributed by atoms with E-state index in [-0.39, 0.29) is 22.7 Å². The minimum Gasteiger partial charge on any atom is -0.455 e. The number of nitrogens with one attached hydrogen (secondary N) is 1. The van der Waals surface area contributed by atoms with Crippen molar-refractivity contribution in [3.63, 3.8) is 0 Å². The number of ether oxygens (including phenoxy) is 2. The number of nitro groups is 1. The molecule has 2 rings (SSSR count). The van der Waals surface area contributed by atoms with Gasteiger partial charge in [0.1, 0.15) is 5.75 Å². The van der Waals surface area contributed by atoms with Crippen LogP contribution in [-0.2, 0) is 20.7 Å². The SMILES string of the molecule is O=C(COC(=O)Cc1ccccc1[N+](=O)[O-])Nc1ccccc1OC(F)F. The van der Waals surface area contributed by atoms with E-state index >= 15 is 0 Å². The van der Waals surface area contributed by atoms with Crippen molar-refractivity contribution < 1.29 is 32.8 Å². The maximum absolute atomic E-state index is 12.3. The first-order valence-corrected chi connectivity index (χ1v) is 7.58. The van der Waals surface area contributed by atoms with Gasteiger partial charge < -0.3 is 14.8 Å². The average Bonchev–Trinajstić information content (AvgIpc) is 2.61. The second kappa shape index (κ2) is 9.22. The fraction of sp³-hybridized carbons (Fsp3) is 0.176. The third-order valence-corrected chi connectivity index (χ3v) is 3.26. The van der Waals surface area contributed by atoms with Gasteiger partial charge in [0, 0.05) is 11.6 Å². The van der Waals surface area contributed by atoms with E-state index in [0.29, 0.717) is 0 Å². The molecule has 2 aromatic carbocycles. The Hall–Kier alpha value is -3.56. The lowest BCUT2D eigenvalue weighted by molar-refractivity contribution is -0.385. The van der Waals surface area contributed by atoms with E-state index in [1.807, 2.05) is 0 Å². The first-order valence-electron chi connectivity index (χ1n) is 7.58. The number of amides is 1. The van der Waals surface area contributed by atoms with Crippen molar-refractivity contribution >= 4 is 23.3 Å². The summed E-state index contributed by atoms with van der Waals surface area (Å²) >= 11 is 0. The minimum absolute atomic E-state index is 0.0162. The molecule has 0 aliphatic carbocycles. The summed E-state index contributed by atoms with van der Waals surface area (Å²) in [5.41, 5.74) is -0.113. The van der Waals surface area contributed by atoms with Gasteiger partial charge in [-0.2, -0.15) is 8.78 Å². The van der Waals surface area contributed by atoms with Gasteiger partial charge >= 0.3 is 12.6 Å². The van der Waals surface area contributed by atoms with Crippen LogP contribution in [0, 0.1) is 10.1 Å². The van der Waals surface area contributed by atoms with Crippen LogP contribution in [0.25, 0.3) is 0 Å². The van der Waals surface area contributed by atoms with Crippen LogP contribution >= 0.6 is 0 Å². The number of hydrogen-bond donors (Lipinski definition) is 1. The highest BCUT2D eigenvalue weighted by molar-refractivity contribution is 5.94. The molecule has 0 bridgehead atoms. The molecular weight excluding hydrogens is 366 g/mol. The van der Waals surface area contributed by atoms with E-state index < -0.39 is 36.4 Å². The number of halogens is 2. The molecule has 1 N–H and O–H groups in total. The predicted octanol–water partition coefficient (Wildman–Crippen LogP) is 2.92. The van der Waals surface area contributed by atoms with Gasteiger partial charge in [-0.15, -0.1) is 0 Å². The molecule has 0 aliphatic heterocycles. The maximum Gasteiger partial charge on any atom is 0.387 e. The molecule has 0 saturated carbocycles. The first kappa shape index (κ1) is 19.8. The van der Waals surface area contributed by atoms with Crippen molar-refractivity contribution in [1.82, 2.24) is 0 Å². The average molecular weight is 380 g/mol. The van der Waals surface area contributed by atoms with Crippen LogP contribution in [0.5, 0.6) is 5.75 Å². The number of rotatable bonds is 8. The summed E-state index contributed by atoms with van der Waals surface area (Å²) in [6, 6.07) is 11.1. The highest BCUT2D eigenvalue weighted by Crippen LogP contribution is 2.25. The molecule has 0 aliphatic rings. The molecule has 0 aromatic heterocycles. The monoisotopic (exact) mass is 380 g/mol. The van der Waals surface area contributed by atoms with Crippen molar-refractivity contribution in [1.29, 1.82) is 0 Å². The quantitative estimate of drug-likeness (QED) is 0.429. The van der Waals surface area contributed by atoms with Crippen molar-refractivity contribution in [2.75, 3.05) is 11.9 Å². The molecular formula is C17H14F2N2O6. The van der Waals surface area contributed by atoms with Crippen molar-refractivity contribution in [3.8, 4) is 5.75 Å². The lowest BCUT2D eigenvalue weighted by Crippen LogP contribution is -2.22. The Morgan fingerprint density at radius 2 is 1.78 bits per heavy atom. The number of nitro benzene ring substituents is 1. The number of benzene rings is 2. The first-order chi connectivity index (χ1) is 12.9. The zero-order chi connectivity index (χ0) is 19.8. The maximum atomic E-state index is 12.3. The van der Waals surface area contributed by atoms with E-state index in [0.717, 1.165) is 0 Å². The van der Waals surface area contributed by atoms with Crippen LogP contribution in [0.1, 0.15) is 5.56 Å². The topological polar surface area (TPSA) is 108 Å². The van der Waals surface area contributed by atoms with Crippen molar-refractivity contribution in [2.24, 2.45) is 0 Å². The summed E-state index contributed by atoms with van der Waals surface area (Å²) in [5.74, 6) is -1.88. The fourth-order valence-corrected chi connectivity index (χ4v) is 2.15. The number of nitrogens with zero attached hydrogens (tertiary/aromatic N) is 1. The fourth-order valence-electron chi connectivity index (χ4n) is 2.15. The molecule has 0 heterocycles. The van der Waals surface area contributed by atoms with E-state index in [4.69, 9.17) is 4.74 Å². The Morgan fingerprint density at radius 3 is 2.48 bits per heavy atom. The Morgan fingerprint density at radius 1 is 1.11 bits per heavy atom. The molecule has 27 heavy (non-hydrogen) atoms. The molecule has 2 aromatic rings. The summed E-state index contributed by atoms with van der Waals surface area (Å²) in [6.07, 6.45) is -0.393. The largest absolute Gasteiger partial charge is 0.455 e. The number of carbonyl (C=O) groups is 2. The van der Waals surface area contributed by atoms with Gasteiger partial charge in [-0.1, -0.05) is 30.3 Å². The molecule has 8 nitrogen and oxygen atoms in total. The number of carbonyl (C=O) groups excluding carboxylic acids is 2. The standard InChI is InChI=1S/C17H14F2N2O6/c18-17(19)27-14-8-4-2-6-12(14)20-15(22)10-26-16(23)9-11-5-1-3-7-13(11)21(24)25/h1-8,17H,9-10H2,(H,20,22). The van der Waals surface area contributed by atoms with Gasteiger partial charge in [-0.05, 0) is 12.1 Å². The van der Waals surface area contributed by atoms with E-state index in [9.17, 15) is 28.5 Å². The smallest absolute Gasteiger partial charge is 0.387 e. The zero-order valence-electron chi connectivity index (χ0n) is 13.8. The summed E-state index contributed by atoms with van der Waals surface area (Å²) < 4.78 is 33.7. The molecule has 0 spiro atoms. The van der Waals surface area contributed by atoms with Crippen LogP contribution in [-0.4, -0.2) is 30.0 Å². The zero-order valence-corrected chi connectivity index (χ0v) is 13.8. The van der Waals surface area contributed by atoms with E-state index in [1.54, 1.807) is 0 Å². The number of hydrogen-bond acceptors (Lipinski definition) is 6. The van der Waals surface area contributed by atoms with Crippen molar-refractivity contribution in [2.45, 2.75) is 13.0 Å². The minimum atomic E-state index is -3.07. The summed E-state index contributed by atoms with van der Waals surface area (Å²) in [4.78, 5) is 33.9. The number of alkyl halides is 2. The van der Waals surface area contributed by atoms with E-state index in [2.05, 4.69) is 10.1 Å². The van der Waals surface area contributed by atoms with Crippen LogP contribution in [0.4, 0.5) is 20.2 Å². The second-order valence-electron chi connectivity index (χ2n) is 5.15. The van der Waals surface area contributed by atoms with E-state index in [1.165, 1.54) is 48.5 Å². The molecule has 0 radical (unpaired) electrons. The Kier molecular flexibility index (Phi) is 6.75. The molecule has 1 amide bonds. The summed E-state index contributed by atoms with van der Waals surface area (Å²) in [5, 5.41) is 13.2. The van der Waals surface area contributed by atoms with Crippen LogP contribution < -0.4 is 10.1 Å². The number of anilines is 1. The number of para-hydroxylation sites is 3.